The summed E-state index contributed by atoms with van der Waals surface area (Å²) in [6, 6.07) is 0. The fourth-order valence-electron chi connectivity index (χ4n) is 4.80. The summed E-state index contributed by atoms with van der Waals surface area (Å²) in [5.74, 6) is -7.94. The Morgan fingerprint density at radius 2 is 1.26 bits per heavy atom. The van der Waals surface area contributed by atoms with E-state index in [2.05, 4.69) is 44.6 Å². The number of unbranched alkanes of at least 4 members (excludes halogenated alkanes) is 5. The monoisotopic (exact) mass is 601 g/mol. The van der Waals surface area contributed by atoms with E-state index in [-0.39, 0.29) is 18.5 Å². The van der Waals surface area contributed by atoms with Crippen molar-refractivity contribution in [3.8, 4) is 0 Å². The van der Waals surface area contributed by atoms with Crippen molar-refractivity contribution in [1.29, 1.82) is 0 Å². The first kappa shape index (κ1) is 37.2. The summed E-state index contributed by atoms with van der Waals surface area (Å²) in [7, 11) is 0. The van der Waals surface area contributed by atoms with Crippen LogP contribution >= 0.6 is 0 Å². The van der Waals surface area contributed by atoms with Gasteiger partial charge in [-0.25, -0.2) is 22.4 Å². The number of carbonyl (C=O) groups excluding carboxylic acids is 2. The van der Waals surface area contributed by atoms with Gasteiger partial charge >= 0.3 is 11.9 Å². The van der Waals surface area contributed by atoms with Gasteiger partial charge in [0, 0.05) is 4.91 Å². The average Bonchev–Trinajstić information content (AvgIpc) is 2.94. The minimum Gasteiger partial charge on any atom is -0.465 e. The average molecular weight is 602 g/mol. The summed E-state index contributed by atoms with van der Waals surface area (Å²) in [6.07, 6.45) is 8.06. The molecule has 1 rings (SSSR count). The number of ether oxygens (including phenoxy) is 2. The van der Waals surface area contributed by atoms with Gasteiger partial charge in [-0.2, -0.15) is 0 Å². The predicted octanol–water partition coefficient (Wildman–Crippen LogP) is 9.99. The van der Waals surface area contributed by atoms with Gasteiger partial charge < -0.3 is 9.47 Å². The standard InChI is InChI=1S/C31H47F4N3O4/c1-19(2)21(4)22(5)31(6,7)30(40)42-18-13-10-8-9-11-15-20(3)16-12-14-17-41-29(39)23-24(32)26(34)28(37-38-36)27(35)25(23)33/h19-22H,8-18H2,1-7H3. The number of rotatable bonds is 19. The molecule has 42 heavy (non-hydrogen) atoms. The lowest BCUT2D eigenvalue weighted by Crippen LogP contribution is -2.38. The number of nitrogens with zero attached hydrogens (tertiary/aromatic N) is 3. The third-order valence-electron chi connectivity index (χ3n) is 8.49. The lowest BCUT2D eigenvalue weighted by molar-refractivity contribution is -0.158. The molecule has 0 saturated carbocycles. The molecule has 3 unspecified atom stereocenters. The molecule has 0 heterocycles. The van der Waals surface area contributed by atoms with E-state index < -0.39 is 45.9 Å². The Morgan fingerprint density at radius 1 is 0.786 bits per heavy atom. The van der Waals surface area contributed by atoms with E-state index in [0.29, 0.717) is 37.2 Å². The third-order valence-corrected chi connectivity index (χ3v) is 8.49. The van der Waals surface area contributed by atoms with Gasteiger partial charge in [0.1, 0.15) is 11.3 Å². The lowest BCUT2D eigenvalue weighted by atomic mass is 9.70. The summed E-state index contributed by atoms with van der Waals surface area (Å²) in [4.78, 5) is 26.8. The minimum atomic E-state index is -1.97. The molecule has 0 saturated heterocycles. The van der Waals surface area contributed by atoms with Crippen molar-refractivity contribution in [3.63, 3.8) is 0 Å². The second-order valence-corrected chi connectivity index (χ2v) is 12.2. The second-order valence-electron chi connectivity index (χ2n) is 12.2. The molecule has 1 aromatic rings. The third kappa shape index (κ3) is 10.8. The van der Waals surface area contributed by atoms with E-state index in [4.69, 9.17) is 15.0 Å². The zero-order valence-corrected chi connectivity index (χ0v) is 26.1. The topological polar surface area (TPSA) is 101 Å². The molecule has 3 atom stereocenters. The molecular weight excluding hydrogens is 554 g/mol. The van der Waals surface area contributed by atoms with Crippen LogP contribution in [0.5, 0.6) is 0 Å². The molecule has 0 bridgehead atoms. The van der Waals surface area contributed by atoms with Crippen LogP contribution in [0.2, 0.25) is 0 Å². The fraction of sp³-hybridized carbons (Fsp3) is 0.742. The maximum atomic E-state index is 14.1. The van der Waals surface area contributed by atoms with Crippen molar-refractivity contribution < 1.29 is 36.6 Å². The number of esters is 2. The Balaban J connectivity index is 2.23. The van der Waals surface area contributed by atoms with Gasteiger partial charge in [-0.3, -0.25) is 4.79 Å². The Kier molecular flexibility index (Phi) is 15.9. The molecule has 238 valence electrons. The summed E-state index contributed by atoms with van der Waals surface area (Å²) in [5.41, 5.74) is 4.78. The highest BCUT2D eigenvalue weighted by atomic mass is 19.2. The summed E-state index contributed by atoms with van der Waals surface area (Å²) >= 11 is 0. The van der Waals surface area contributed by atoms with Crippen LogP contribution in [0.1, 0.15) is 117 Å². The van der Waals surface area contributed by atoms with Crippen LogP contribution < -0.4 is 0 Å². The zero-order chi connectivity index (χ0) is 32.0. The molecule has 0 spiro atoms. The molecule has 0 aliphatic rings. The van der Waals surface area contributed by atoms with E-state index in [9.17, 15) is 27.2 Å². The first-order valence-electron chi connectivity index (χ1n) is 14.9. The Labute approximate surface area is 247 Å². The van der Waals surface area contributed by atoms with Crippen LogP contribution in [0.3, 0.4) is 0 Å². The van der Waals surface area contributed by atoms with E-state index in [1.165, 1.54) is 0 Å². The quantitative estimate of drug-likeness (QED) is 0.0299. The van der Waals surface area contributed by atoms with Crippen LogP contribution in [0, 0.1) is 52.4 Å². The van der Waals surface area contributed by atoms with Crippen molar-refractivity contribution in [2.75, 3.05) is 13.2 Å². The van der Waals surface area contributed by atoms with Crippen molar-refractivity contribution in [1.82, 2.24) is 0 Å². The van der Waals surface area contributed by atoms with Gasteiger partial charge in [-0.15, -0.1) is 0 Å². The van der Waals surface area contributed by atoms with Gasteiger partial charge in [0.2, 0.25) is 0 Å². The highest BCUT2D eigenvalue weighted by Crippen LogP contribution is 2.37. The SMILES string of the molecule is CC(CCCCCCCOC(=O)C(C)(C)C(C)C(C)C(C)C)CCCCOC(=O)c1c(F)c(F)c(N=[N+]=[N-])c(F)c1F. The lowest BCUT2D eigenvalue weighted by Gasteiger charge is -2.35. The molecule has 0 fully saturated rings. The largest absolute Gasteiger partial charge is 0.465 e. The fourth-order valence-corrected chi connectivity index (χ4v) is 4.80. The second kappa shape index (κ2) is 18.0. The van der Waals surface area contributed by atoms with Crippen molar-refractivity contribution in [2.45, 2.75) is 106 Å². The number of hydrogen-bond acceptors (Lipinski definition) is 5. The van der Waals surface area contributed by atoms with E-state index >= 15 is 0 Å². The normalized spacial score (nSPS) is 13.8. The first-order chi connectivity index (χ1) is 19.7. The molecular formula is C31H47F4N3O4. The molecule has 0 amide bonds. The first-order valence-corrected chi connectivity index (χ1v) is 14.9. The molecule has 0 aliphatic heterocycles. The molecule has 0 aromatic heterocycles. The predicted molar refractivity (Wildman–Crippen MR) is 154 cm³/mol. The van der Waals surface area contributed by atoms with E-state index in [1.54, 1.807) is 0 Å². The van der Waals surface area contributed by atoms with Gasteiger partial charge in [0.15, 0.2) is 23.3 Å². The maximum Gasteiger partial charge on any atom is 0.344 e. The highest BCUT2D eigenvalue weighted by molar-refractivity contribution is 5.90. The maximum absolute atomic E-state index is 14.1. The molecule has 1 aromatic carbocycles. The van der Waals surface area contributed by atoms with Crippen LogP contribution in [-0.4, -0.2) is 25.2 Å². The number of carbonyl (C=O) groups is 2. The Bertz CT molecular complexity index is 1060. The summed E-state index contributed by atoms with van der Waals surface area (Å²) in [5, 5.41) is 2.58. The van der Waals surface area contributed by atoms with E-state index in [1.807, 2.05) is 13.8 Å². The van der Waals surface area contributed by atoms with Gasteiger partial charge in [-0.05, 0) is 62.3 Å². The zero-order valence-electron chi connectivity index (χ0n) is 26.1. The van der Waals surface area contributed by atoms with Gasteiger partial charge in [0.25, 0.3) is 0 Å². The van der Waals surface area contributed by atoms with Crippen molar-refractivity contribution >= 4 is 17.6 Å². The molecule has 0 radical (unpaired) electrons. The van der Waals surface area contributed by atoms with Crippen LogP contribution in [-0.2, 0) is 14.3 Å². The number of hydrogen-bond donors (Lipinski definition) is 0. The van der Waals surface area contributed by atoms with E-state index in [0.717, 1.165) is 44.9 Å². The minimum absolute atomic E-state index is 0.130. The van der Waals surface area contributed by atoms with Crippen molar-refractivity contribution in [3.05, 3.63) is 39.3 Å². The van der Waals surface area contributed by atoms with Crippen LogP contribution in [0.4, 0.5) is 23.2 Å². The van der Waals surface area contributed by atoms with Gasteiger partial charge in [-0.1, -0.05) is 78.3 Å². The number of azide groups is 1. The summed E-state index contributed by atoms with van der Waals surface area (Å²) < 4.78 is 66.2. The van der Waals surface area contributed by atoms with Crippen molar-refractivity contribution in [2.24, 2.45) is 34.2 Å². The summed E-state index contributed by atoms with van der Waals surface area (Å²) in [6.45, 7) is 15.0. The molecule has 11 heteroatoms. The molecule has 0 N–H and O–H groups in total. The highest BCUT2D eigenvalue weighted by Gasteiger charge is 2.39. The Morgan fingerprint density at radius 3 is 1.81 bits per heavy atom. The smallest absolute Gasteiger partial charge is 0.344 e. The molecule has 7 nitrogen and oxygen atoms in total. The van der Waals surface area contributed by atoms with Gasteiger partial charge in [0.05, 0.1) is 18.6 Å². The number of benzene rings is 1. The number of halogens is 4. The van der Waals surface area contributed by atoms with Crippen LogP contribution in [0.25, 0.3) is 10.4 Å². The van der Waals surface area contributed by atoms with Crippen LogP contribution in [0.15, 0.2) is 5.11 Å². The molecule has 0 aliphatic carbocycles. The Hall–Kier alpha value is -2.81.